The molecule has 0 saturated carbocycles. The second-order valence-electron chi connectivity index (χ2n) is 4.09. The number of rotatable bonds is 4. The van der Waals surface area contributed by atoms with E-state index in [-0.39, 0.29) is 17.8 Å². The van der Waals surface area contributed by atoms with E-state index in [9.17, 15) is 4.39 Å². The number of hydrogen-bond acceptors (Lipinski definition) is 3. The van der Waals surface area contributed by atoms with Gasteiger partial charge in [-0.1, -0.05) is 29.3 Å². The van der Waals surface area contributed by atoms with Crippen molar-refractivity contribution in [3.05, 3.63) is 57.8 Å². The van der Waals surface area contributed by atoms with Crippen molar-refractivity contribution in [1.82, 2.24) is 0 Å². The highest BCUT2D eigenvalue weighted by molar-refractivity contribution is 6.58. The maximum atomic E-state index is 13.6. The SMILES string of the molecule is OB(O)c1ccc(F)c(OCc2cc(Cl)ccc2Cl)c1. The molecule has 0 aliphatic heterocycles. The fourth-order valence-electron chi connectivity index (χ4n) is 1.60. The molecule has 0 spiro atoms. The third-order valence-electron chi connectivity index (χ3n) is 2.64. The lowest BCUT2D eigenvalue weighted by Gasteiger charge is -2.10. The van der Waals surface area contributed by atoms with Gasteiger partial charge in [-0.2, -0.15) is 0 Å². The average molecular weight is 315 g/mol. The minimum Gasteiger partial charge on any atom is -0.486 e. The van der Waals surface area contributed by atoms with Crippen LogP contribution in [0.25, 0.3) is 0 Å². The molecule has 0 fully saturated rings. The first-order valence-corrected chi connectivity index (χ1v) is 6.45. The van der Waals surface area contributed by atoms with Gasteiger partial charge < -0.3 is 14.8 Å². The Morgan fingerprint density at radius 3 is 2.55 bits per heavy atom. The number of benzene rings is 2. The molecule has 2 aromatic rings. The van der Waals surface area contributed by atoms with Crippen LogP contribution < -0.4 is 10.2 Å². The predicted molar refractivity (Wildman–Crippen MR) is 77.0 cm³/mol. The molecule has 2 aromatic carbocycles. The van der Waals surface area contributed by atoms with Crippen molar-refractivity contribution in [2.45, 2.75) is 6.61 Å². The molecule has 0 heterocycles. The van der Waals surface area contributed by atoms with Crippen molar-refractivity contribution in [2.24, 2.45) is 0 Å². The number of halogens is 3. The molecular formula is C13H10BCl2FO3. The fraction of sp³-hybridized carbons (Fsp3) is 0.0769. The highest BCUT2D eigenvalue weighted by Gasteiger charge is 2.14. The molecule has 7 heteroatoms. The van der Waals surface area contributed by atoms with Crippen LogP contribution in [-0.2, 0) is 6.61 Å². The summed E-state index contributed by atoms with van der Waals surface area (Å²) in [6.07, 6.45) is 0. The zero-order valence-electron chi connectivity index (χ0n) is 10.2. The van der Waals surface area contributed by atoms with E-state index in [4.69, 9.17) is 38.0 Å². The quantitative estimate of drug-likeness (QED) is 0.852. The molecule has 0 radical (unpaired) electrons. The highest BCUT2D eigenvalue weighted by atomic mass is 35.5. The third-order valence-corrected chi connectivity index (χ3v) is 3.25. The Kier molecular flexibility index (Phi) is 4.88. The van der Waals surface area contributed by atoms with E-state index < -0.39 is 12.9 Å². The first kappa shape index (κ1) is 15.1. The molecule has 0 saturated heterocycles. The van der Waals surface area contributed by atoms with Crippen LogP contribution >= 0.6 is 23.2 Å². The molecule has 0 atom stereocenters. The van der Waals surface area contributed by atoms with E-state index in [0.29, 0.717) is 15.6 Å². The van der Waals surface area contributed by atoms with E-state index in [1.807, 2.05) is 0 Å². The molecule has 0 aliphatic rings. The van der Waals surface area contributed by atoms with Gasteiger partial charge in [-0.25, -0.2) is 4.39 Å². The second-order valence-corrected chi connectivity index (χ2v) is 4.93. The summed E-state index contributed by atoms with van der Waals surface area (Å²) < 4.78 is 18.9. The molecular weight excluding hydrogens is 305 g/mol. The second kappa shape index (κ2) is 6.46. The molecule has 0 aliphatic carbocycles. The Labute approximate surface area is 125 Å². The Balaban J connectivity index is 2.18. The normalized spacial score (nSPS) is 10.4. The third kappa shape index (κ3) is 3.64. The lowest BCUT2D eigenvalue weighted by atomic mass is 9.80. The van der Waals surface area contributed by atoms with E-state index in [2.05, 4.69) is 0 Å². The summed E-state index contributed by atoms with van der Waals surface area (Å²) in [6, 6.07) is 8.46. The molecule has 2 N–H and O–H groups in total. The molecule has 0 unspecified atom stereocenters. The maximum Gasteiger partial charge on any atom is 0.488 e. The number of hydrogen-bond donors (Lipinski definition) is 2. The van der Waals surface area contributed by atoms with Crippen molar-refractivity contribution in [3.8, 4) is 5.75 Å². The van der Waals surface area contributed by atoms with Crippen molar-refractivity contribution < 1.29 is 19.2 Å². The van der Waals surface area contributed by atoms with Gasteiger partial charge in [0, 0.05) is 15.6 Å². The molecule has 0 amide bonds. The maximum absolute atomic E-state index is 13.6. The lowest BCUT2D eigenvalue weighted by molar-refractivity contribution is 0.290. The summed E-state index contributed by atoms with van der Waals surface area (Å²) in [5, 5.41) is 19.0. The van der Waals surface area contributed by atoms with Gasteiger partial charge >= 0.3 is 7.12 Å². The highest BCUT2D eigenvalue weighted by Crippen LogP contribution is 2.23. The van der Waals surface area contributed by atoms with Crippen LogP contribution in [0.2, 0.25) is 10.0 Å². The zero-order chi connectivity index (χ0) is 14.7. The molecule has 0 bridgehead atoms. The van der Waals surface area contributed by atoms with E-state index in [0.717, 1.165) is 6.07 Å². The van der Waals surface area contributed by atoms with E-state index in [1.54, 1.807) is 18.2 Å². The minimum atomic E-state index is -1.69. The van der Waals surface area contributed by atoms with Crippen LogP contribution in [0.3, 0.4) is 0 Å². The Morgan fingerprint density at radius 1 is 1.10 bits per heavy atom. The van der Waals surface area contributed by atoms with Crippen molar-refractivity contribution in [3.63, 3.8) is 0 Å². The Hall–Kier alpha value is -1.27. The molecule has 2 rings (SSSR count). The standard InChI is InChI=1S/C13H10BCl2FO3/c15-10-2-3-11(16)8(5-10)7-20-13-6-9(14(18)19)1-4-12(13)17/h1-6,18-19H,7H2. The van der Waals surface area contributed by atoms with Crippen LogP contribution in [0.4, 0.5) is 4.39 Å². The van der Waals surface area contributed by atoms with Gasteiger partial charge in [-0.15, -0.1) is 0 Å². The van der Waals surface area contributed by atoms with Gasteiger partial charge in [0.15, 0.2) is 11.6 Å². The van der Waals surface area contributed by atoms with Crippen LogP contribution in [0, 0.1) is 5.82 Å². The zero-order valence-corrected chi connectivity index (χ0v) is 11.7. The largest absolute Gasteiger partial charge is 0.488 e. The van der Waals surface area contributed by atoms with E-state index in [1.165, 1.54) is 12.1 Å². The van der Waals surface area contributed by atoms with Crippen LogP contribution in [0.5, 0.6) is 5.75 Å². The predicted octanol–water partition coefficient (Wildman–Crippen LogP) is 2.39. The molecule has 20 heavy (non-hydrogen) atoms. The summed E-state index contributed by atoms with van der Waals surface area (Å²) in [7, 11) is -1.69. The first-order chi connectivity index (χ1) is 9.47. The van der Waals surface area contributed by atoms with Gasteiger partial charge in [-0.05, 0) is 35.8 Å². The van der Waals surface area contributed by atoms with Gasteiger partial charge in [-0.3, -0.25) is 0 Å². The monoisotopic (exact) mass is 314 g/mol. The molecule has 3 nitrogen and oxygen atoms in total. The summed E-state index contributed by atoms with van der Waals surface area (Å²) in [6.45, 7) is 0.0152. The summed E-state index contributed by atoms with van der Waals surface area (Å²) in [4.78, 5) is 0. The number of ether oxygens (including phenoxy) is 1. The van der Waals surface area contributed by atoms with Crippen LogP contribution in [0.1, 0.15) is 5.56 Å². The first-order valence-electron chi connectivity index (χ1n) is 5.69. The minimum absolute atomic E-state index is 0.0152. The summed E-state index contributed by atoms with van der Waals surface area (Å²) >= 11 is 11.8. The molecule has 0 aromatic heterocycles. The van der Waals surface area contributed by atoms with Crippen LogP contribution in [0.15, 0.2) is 36.4 Å². The fourth-order valence-corrected chi connectivity index (χ4v) is 1.97. The average Bonchev–Trinajstić information content (AvgIpc) is 2.41. The summed E-state index contributed by atoms with van der Waals surface area (Å²) in [5.74, 6) is -0.695. The van der Waals surface area contributed by atoms with Crippen molar-refractivity contribution in [2.75, 3.05) is 0 Å². The Bertz CT molecular complexity index is 623. The van der Waals surface area contributed by atoms with E-state index >= 15 is 0 Å². The van der Waals surface area contributed by atoms with Gasteiger partial charge in [0.2, 0.25) is 0 Å². The topological polar surface area (TPSA) is 49.7 Å². The van der Waals surface area contributed by atoms with Crippen molar-refractivity contribution in [1.29, 1.82) is 0 Å². The smallest absolute Gasteiger partial charge is 0.486 e. The lowest BCUT2D eigenvalue weighted by Crippen LogP contribution is -2.29. The van der Waals surface area contributed by atoms with Gasteiger partial charge in [0.25, 0.3) is 0 Å². The van der Waals surface area contributed by atoms with Gasteiger partial charge in [0.05, 0.1) is 0 Å². The summed E-state index contributed by atoms with van der Waals surface area (Å²) in [5.41, 5.74) is 0.743. The Morgan fingerprint density at radius 2 is 1.85 bits per heavy atom. The van der Waals surface area contributed by atoms with Crippen LogP contribution in [-0.4, -0.2) is 17.2 Å². The van der Waals surface area contributed by atoms with Crippen molar-refractivity contribution >= 4 is 35.8 Å². The van der Waals surface area contributed by atoms with Gasteiger partial charge in [0.1, 0.15) is 6.61 Å². The molecule has 104 valence electrons.